The van der Waals surface area contributed by atoms with Crippen molar-refractivity contribution in [1.82, 2.24) is 0 Å². The fourth-order valence-corrected chi connectivity index (χ4v) is 4.53. The minimum absolute atomic E-state index is 0.0879. The van der Waals surface area contributed by atoms with E-state index in [0.717, 1.165) is 22.2 Å². The molecule has 0 aliphatic carbocycles. The highest BCUT2D eigenvalue weighted by Crippen LogP contribution is 2.40. The standard InChI is InChI=1S/C27H40NO2/c1-4-5-6-7-8-9-16-21-28(2,3)22-26-23-29-27(30-26,24-17-12-10-13-18-24)25-19-14-11-15-20-25/h10-15,17-20,26H,4-9,16,21-23H2,1-3H3/q+1. The van der Waals surface area contributed by atoms with Crippen molar-refractivity contribution in [3.05, 3.63) is 71.8 Å². The lowest BCUT2D eigenvalue weighted by atomic mass is 9.97. The highest BCUT2D eigenvalue weighted by molar-refractivity contribution is 5.34. The Labute approximate surface area is 183 Å². The van der Waals surface area contributed by atoms with Crippen molar-refractivity contribution >= 4 is 0 Å². The van der Waals surface area contributed by atoms with Crippen molar-refractivity contribution < 1.29 is 14.0 Å². The normalized spacial score (nSPS) is 18.6. The monoisotopic (exact) mass is 410 g/mol. The first kappa shape index (κ1) is 23.0. The van der Waals surface area contributed by atoms with Gasteiger partial charge in [-0.2, -0.15) is 0 Å². The quantitative estimate of drug-likeness (QED) is 0.309. The van der Waals surface area contributed by atoms with E-state index < -0.39 is 5.79 Å². The number of quaternary nitrogens is 1. The van der Waals surface area contributed by atoms with Crippen molar-refractivity contribution in [2.24, 2.45) is 0 Å². The Morgan fingerprint density at radius 2 is 1.33 bits per heavy atom. The van der Waals surface area contributed by atoms with Crippen molar-refractivity contribution in [2.75, 3.05) is 33.8 Å². The number of hydrogen-bond acceptors (Lipinski definition) is 2. The minimum atomic E-state index is -0.799. The summed E-state index contributed by atoms with van der Waals surface area (Å²) < 4.78 is 14.1. The Hall–Kier alpha value is -1.68. The maximum absolute atomic E-state index is 6.69. The highest BCUT2D eigenvalue weighted by Gasteiger charge is 2.46. The number of nitrogens with zero attached hydrogens (tertiary/aromatic N) is 1. The predicted octanol–water partition coefficient (Wildman–Crippen LogP) is 6.13. The fourth-order valence-electron chi connectivity index (χ4n) is 4.53. The molecule has 0 N–H and O–H groups in total. The molecule has 1 aliphatic rings. The summed E-state index contributed by atoms with van der Waals surface area (Å²) in [7, 11) is 4.65. The molecule has 3 nitrogen and oxygen atoms in total. The van der Waals surface area contributed by atoms with E-state index in [-0.39, 0.29) is 6.10 Å². The van der Waals surface area contributed by atoms with Gasteiger partial charge in [-0.05, 0) is 12.8 Å². The Bertz CT molecular complexity index is 690. The molecule has 0 radical (unpaired) electrons. The van der Waals surface area contributed by atoms with Crippen molar-refractivity contribution in [1.29, 1.82) is 0 Å². The molecule has 0 bridgehead atoms. The average molecular weight is 411 g/mol. The van der Waals surface area contributed by atoms with Crippen LogP contribution in [0.4, 0.5) is 0 Å². The molecular weight excluding hydrogens is 370 g/mol. The lowest BCUT2D eigenvalue weighted by molar-refractivity contribution is -0.893. The maximum atomic E-state index is 6.69. The van der Waals surface area contributed by atoms with Gasteiger partial charge in [0.25, 0.3) is 0 Å². The number of unbranched alkanes of at least 4 members (excludes halogenated alkanes) is 6. The zero-order valence-electron chi connectivity index (χ0n) is 19.2. The fraction of sp³-hybridized carbons (Fsp3) is 0.556. The molecule has 30 heavy (non-hydrogen) atoms. The predicted molar refractivity (Wildman–Crippen MR) is 124 cm³/mol. The topological polar surface area (TPSA) is 18.5 Å². The molecule has 1 heterocycles. The van der Waals surface area contributed by atoms with Gasteiger partial charge in [0, 0.05) is 11.1 Å². The van der Waals surface area contributed by atoms with Crippen LogP contribution >= 0.6 is 0 Å². The van der Waals surface area contributed by atoms with Crippen molar-refractivity contribution in [3.8, 4) is 0 Å². The molecular formula is C27H40NO2+. The summed E-state index contributed by atoms with van der Waals surface area (Å²) >= 11 is 0. The number of hydrogen-bond donors (Lipinski definition) is 0. The largest absolute Gasteiger partial charge is 0.339 e. The van der Waals surface area contributed by atoms with Gasteiger partial charge >= 0.3 is 0 Å². The van der Waals surface area contributed by atoms with Gasteiger partial charge in [0.15, 0.2) is 0 Å². The molecule has 2 aromatic carbocycles. The van der Waals surface area contributed by atoms with Crippen LogP contribution in [0.15, 0.2) is 60.7 Å². The molecule has 3 rings (SSSR count). The van der Waals surface area contributed by atoms with Crippen LogP contribution in [0.25, 0.3) is 0 Å². The lowest BCUT2D eigenvalue weighted by Gasteiger charge is -2.33. The summed E-state index contributed by atoms with van der Waals surface area (Å²) in [5.41, 5.74) is 2.13. The van der Waals surface area contributed by atoms with Gasteiger partial charge in [-0.15, -0.1) is 0 Å². The molecule has 1 aliphatic heterocycles. The van der Waals surface area contributed by atoms with E-state index in [0.29, 0.717) is 6.61 Å². The molecule has 164 valence electrons. The van der Waals surface area contributed by atoms with Gasteiger partial charge in [0.1, 0.15) is 12.6 Å². The summed E-state index contributed by atoms with van der Waals surface area (Å²) in [4.78, 5) is 0. The minimum Gasteiger partial charge on any atom is -0.339 e. The molecule has 1 unspecified atom stereocenters. The average Bonchev–Trinajstić information content (AvgIpc) is 3.18. The highest BCUT2D eigenvalue weighted by atomic mass is 16.7. The summed E-state index contributed by atoms with van der Waals surface area (Å²) in [6.45, 7) is 5.07. The molecule has 0 aromatic heterocycles. The van der Waals surface area contributed by atoms with Crippen molar-refractivity contribution in [2.45, 2.75) is 63.8 Å². The van der Waals surface area contributed by atoms with Crippen molar-refractivity contribution in [3.63, 3.8) is 0 Å². The number of benzene rings is 2. The first-order chi connectivity index (χ1) is 14.6. The van der Waals surface area contributed by atoms with E-state index in [1.54, 1.807) is 0 Å². The summed E-state index contributed by atoms with van der Waals surface area (Å²) in [6.07, 6.45) is 9.56. The molecule has 1 saturated heterocycles. The third-order valence-electron chi connectivity index (χ3n) is 6.18. The Balaban J connectivity index is 1.58. The first-order valence-electron chi connectivity index (χ1n) is 11.8. The van der Waals surface area contributed by atoms with Gasteiger partial charge in [-0.1, -0.05) is 99.7 Å². The van der Waals surface area contributed by atoms with E-state index in [9.17, 15) is 0 Å². The van der Waals surface area contributed by atoms with Gasteiger partial charge in [0.2, 0.25) is 5.79 Å². The Morgan fingerprint density at radius 3 is 1.90 bits per heavy atom. The van der Waals surface area contributed by atoms with Crippen LogP contribution < -0.4 is 0 Å². The zero-order chi connectivity index (χ0) is 21.3. The molecule has 2 aromatic rings. The van der Waals surface area contributed by atoms with E-state index >= 15 is 0 Å². The molecule has 3 heteroatoms. The van der Waals surface area contributed by atoms with Gasteiger partial charge in [0.05, 0.1) is 27.2 Å². The van der Waals surface area contributed by atoms with E-state index in [4.69, 9.17) is 9.47 Å². The molecule has 0 spiro atoms. The number of ether oxygens (including phenoxy) is 2. The lowest BCUT2D eigenvalue weighted by Crippen LogP contribution is -2.47. The van der Waals surface area contributed by atoms with E-state index in [1.807, 2.05) is 12.1 Å². The van der Waals surface area contributed by atoms with E-state index in [2.05, 4.69) is 69.6 Å². The summed E-state index contributed by atoms with van der Waals surface area (Å²) in [5.74, 6) is -0.799. The van der Waals surface area contributed by atoms with Crippen LogP contribution in [0.5, 0.6) is 0 Å². The second kappa shape index (κ2) is 11.1. The molecule has 1 fully saturated rings. The SMILES string of the molecule is CCCCCCCCC[N+](C)(C)CC1COC(c2ccccc2)(c2ccccc2)O1. The number of rotatable bonds is 12. The van der Waals surface area contributed by atoms with Crippen LogP contribution in [-0.4, -0.2) is 44.4 Å². The van der Waals surface area contributed by atoms with Gasteiger partial charge in [-0.25, -0.2) is 0 Å². The first-order valence-corrected chi connectivity index (χ1v) is 11.8. The van der Waals surface area contributed by atoms with Gasteiger partial charge < -0.3 is 14.0 Å². The van der Waals surface area contributed by atoms with Crippen LogP contribution in [0.1, 0.15) is 63.0 Å². The second-order valence-corrected chi connectivity index (χ2v) is 9.36. The van der Waals surface area contributed by atoms with Crippen LogP contribution in [0, 0.1) is 0 Å². The van der Waals surface area contributed by atoms with E-state index in [1.165, 1.54) is 51.5 Å². The summed E-state index contributed by atoms with van der Waals surface area (Å²) in [6, 6.07) is 20.7. The van der Waals surface area contributed by atoms with Gasteiger partial charge in [-0.3, -0.25) is 0 Å². The smallest absolute Gasteiger partial charge is 0.222 e. The Morgan fingerprint density at radius 1 is 0.800 bits per heavy atom. The Kier molecular flexibility index (Phi) is 8.50. The molecule has 1 atom stereocenters. The van der Waals surface area contributed by atoms with Crippen LogP contribution in [0.3, 0.4) is 0 Å². The third-order valence-corrected chi connectivity index (χ3v) is 6.18. The third kappa shape index (κ3) is 6.16. The second-order valence-electron chi connectivity index (χ2n) is 9.36. The molecule has 0 amide bonds. The number of likely N-dealkylation sites (N-methyl/N-ethyl adjacent to an activating group) is 1. The maximum Gasteiger partial charge on any atom is 0.222 e. The van der Waals surface area contributed by atoms with Crippen LogP contribution in [-0.2, 0) is 15.3 Å². The zero-order valence-corrected chi connectivity index (χ0v) is 19.2. The van der Waals surface area contributed by atoms with Crippen LogP contribution in [0.2, 0.25) is 0 Å². The molecule has 0 saturated carbocycles. The summed E-state index contributed by atoms with van der Waals surface area (Å²) in [5, 5.41) is 0.